The predicted molar refractivity (Wildman–Crippen MR) is 111 cm³/mol. The maximum Gasteiger partial charge on any atom is 0.254 e. The number of amides is 1. The standard InChI is InChI=1S/C20H27N7O/c21-11-13-7-9-27(10-8-13)16-5-3-15(4-6-16)25-20-23-12-17(18(22)28)19(26-20)24-14-1-2-14/h3-6,12-14H,1-2,7-11,21H2,(H2,22,28)(H2,23,24,25,26). The van der Waals surface area contributed by atoms with Crippen LogP contribution in [0.4, 0.5) is 23.1 Å². The Balaban J connectivity index is 1.43. The summed E-state index contributed by atoms with van der Waals surface area (Å²) in [6.45, 7) is 2.87. The zero-order chi connectivity index (χ0) is 19.5. The number of nitrogens with zero attached hydrogens (tertiary/aromatic N) is 3. The van der Waals surface area contributed by atoms with Crippen LogP contribution in [0.25, 0.3) is 0 Å². The fourth-order valence-corrected chi connectivity index (χ4v) is 3.46. The molecule has 0 unspecified atom stereocenters. The number of anilines is 4. The van der Waals surface area contributed by atoms with Gasteiger partial charge in [0, 0.05) is 36.7 Å². The van der Waals surface area contributed by atoms with E-state index in [-0.39, 0.29) is 0 Å². The van der Waals surface area contributed by atoms with Gasteiger partial charge in [-0.05, 0) is 62.4 Å². The number of nitrogens with one attached hydrogen (secondary N) is 2. The van der Waals surface area contributed by atoms with E-state index in [1.54, 1.807) is 0 Å². The topological polar surface area (TPSA) is 122 Å². The SMILES string of the molecule is NCC1CCN(c2ccc(Nc3ncc(C(N)=O)c(NC4CC4)n3)cc2)CC1. The van der Waals surface area contributed by atoms with Crippen molar-refractivity contribution >= 4 is 29.0 Å². The lowest BCUT2D eigenvalue weighted by molar-refractivity contribution is 0.100. The maximum atomic E-state index is 11.6. The smallest absolute Gasteiger partial charge is 0.254 e. The summed E-state index contributed by atoms with van der Waals surface area (Å²) in [7, 11) is 0. The van der Waals surface area contributed by atoms with Gasteiger partial charge >= 0.3 is 0 Å². The second-order valence-electron chi connectivity index (χ2n) is 7.58. The van der Waals surface area contributed by atoms with Gasteiger partial charge < -0.3 is 27.0 Å². The number of carbonyl (C=O) groups excluding carboxylic acids is 1. The monoisotopic (exact) mass is 381 g/mol. The predicted octanol–water partition coefficient (Wildman–Crippen LogP) is 2.07. The first kappa shape index (κ1) is 18.5. The Labute approximate surface area is 164 Å². The molecule has 2 aliphatic rings. The maximum absolute atomic E-state index is 11.6. The van der Waals surface area contributed by atoms with Gasteiger partial charge in [0.2, 0.25) is 5.95 Å². The molecule has 1 saturated heterocycles. The van der Waals surface area contributed by atoms with E-state index in [0.717, 1.165) is 51.0 Å². The molecule has 1 aromatic heterocycles. The van der Waals surface area contributed by atoms with E-state index in [4.69, 9.17) is 11.5 Å². The molecule has 2 heterocycles. The zero-order valence-corrected chi connectivity index (χ0v) is 15.9. The summed E-state index contributed by atoms with van der Waals surface area (Å²) < 4.78 is 0. The van der Waals surface area contributed by atoms with Crippen LogP contribution >= 0.6 is 0 Å². The van der Waals surface area contributed by atoms with Gasteiger partial charge in [0.05, 0.1) is 5.56 Å². The van der Waals surface area contributed by atoms with Crippen LogP contribution in [0, 0.1) is 5.92 Å². The lowest BCUT2D eigenvalue weighted by atomic mass is 9.97. The van der Waals surface area contributed by atoms with E-state index in [0.29, 0.717) is 29.3 Å². The zero-order valence-electron chi connectivity index (χ0n) is 15.9. The lowest BCUT2D eigenvalue weighted by Crippen LogP contribution is -2.35. The molecule has 6 N–H and O–H groups in total. The molecule has 2 fully saturated rings. The van der Waals surface area contributed by atoms with Crippen molar-refractivity contribution in [2.24, 2.45) is 17.4 Å². The number of rotatable bonds is 7. The van der Waals surface area contributed by atoms with Crippen molar-refractivity contribution in [3.05, 3.63) is 36.0 Å². The number of piperidine rings is 1. The fourth-order valence-electron chi connectivity index (χ4n) is 3.46. The third-order valence-corrected chi connectivity index (χ3v) is 5.41. The number of carbonyl (C=O) groups is 1. The van der Waals surface area contributed by atoms with Gasteiger partial charge in [0.15, 0.2) is 0 Å². The summed E-state index contributed by atoms with van der Waals surface area (Å²) in [6.07, 6.45) is 5.92. The molecule has 0 spiro atoms. The van der Waals surface area contributed by atoms with Crippen LogP contribution in [-0.4, -0.2) is 41.6 Å². The highest BCUT2D eigenvalue weighted by Crippen LogP contribution is 2.27. The number of aromatic nitrogens is 2. The first-order valence-corrected chi connectivity index (χ1v) is 9.88. The molecule has 1 amide bonds. The lowest BCUT2D eigenvalue weighted by Gasteiger charge is -2.33. The average Bonchev–Trinajstić information content (AvgIpc) is 3.53. The summed E-state index contributed by atoms with van der Waals surface area (Å²) in [4.78, 5) is 22.7. The van der Waals surface area contributed by atoms with Crippen molar-refractivity contribution in [1.82, 2.24) is 9.97 Å². The molecule has 8 heteroatoms. The van der Waals surface area contributed by atoms with Crippen molar-refractivity contribution in [1.29, 1.82) is 0 Å². The second kappa shape index (κ2) is 8.02. The molecule has 1 aromatic carbocycles. The molecule has 1 aliphatic carbocycles. The van der Waals surface area contributed by atoms with E-state index in [1.165, 1.54) is 11.9 Å². The van der Waals surface area contributed by atoms with Crippen LogP contribution in [-0.2, 0) is 0 Å². The third kappa shape index (κ3) is 4.33. The van der Waals surface area contributed by atoms with E-state index in [2.05, 4.69) is 37.6 Å². The molecule has 148 valence electrons. The third-order valence-electron chi connectivity index (χ3n) is 5.41. The number of hydrogen-bond donors (Lipinski definition) is 4. The minimum atomic E-state index is -0.530. The quantitative estimate of drug-likeness (QED) is 0.579. The second-order valence-corrected chi connectivity index (χ2v) is 7.58. The Morgan fingerprint density at radius 3 is 2.46 bits per heavy atom. The van der Waals surface area contributed by atoms with Gasteiger partial charge in [-0.2, -0.15) is 4.98 Å². The van der Waals surface area contributed by atoms with Gasteiger partial charge in [-0.1, -0.05) is 0 Å². The Kier molecular flexibility index (Phi) is 5.29. The summed E-state index contributed by atoms with van der Waals surface area (Å²) in [5.74, 6) is 1.05. The average molecular weight is 381 g/mol. The molecule has 8 nitrogen and oxygen atoms in total. The molecule has 1 aliphatic heterocycles. The molecule has 1 saturated carbocycles. The minimum absolute atomic E-state index is 0.314. The molecule has 2 aromatic rings. The molecule has 0 atom stereocenters. The Hall–Kier alpha value is -2.87. The summed E-state index contributed by atoms with van der Waals surface area (Å²) >= 11 is 0. The van der Waals surface area contributed by atoms with E-state index >= 15 is 0 Å². The number of primary amides is 1. The number of nitrogens with two attached hydrogens (primary N) is 2. The van der Waals surface area contributed by atoms with Crippen molar-refractivity contribution < 1.29 is 4.79 Å². The summed E-state index contributed by atoms with van der Waals surface area (Å²) in [5.41, 5.74) is 13.6. The van der Waals surface area contributed by atoms with Crippen molar-refractivity contribution in [2.45, 2.75) is 31.7 Å². The largest absolute Gasteiger partial charge is 0.372 e. The Bertz CT molecular complexity index is 827. The van der Waals surface area contributed by atoms with E-state index < -0.39 is 5.91 Å². The van der Waals surface area contributed by atoms with Crippen LogP contribution in [0.15, 0.2) is 30.5 Å². The molecular weight excluding hydrogens is 354 g/mol. The fraction of sp³-hybridized carbons (Fsp3) is 0.450. The van der Waals surface area contributed by atoms with Gasteiger partial charge in [0.25, 0.3) is 5.91 Å². The minimum Gasteiger partial charge on any atom is -0.372 e. The van der Waals surface area contributed by atoms with Crippen molar-refractivity contribution in [3.8, 4) is 0 Å². The van der Waals surface area contributed by atoms with Crippen LogP contribution in [0.3, 0.4) is 0 Å². The summed E-state index contributed by atoms with van der Waals surface area (Å²) in [5, 5.41) is 6.45. The molecule has 4 rings (SSSR count). The highest BCUT2D eigenvalue weighted by molar-refractivity contribution is 5.97. The number of benzene rings is 1. The Morgan fingerprint density at radius 1 is 1.14 bits per heavy atom. The first-order valence-electron chi connectivity index (χ1n) is 9.88. The van der Waals surface area contributed by atoms with Gasteiger partial charge in [0.1, 0.15) is 5.82 Å². The van der Waals surface area contributed by atoms with Crippen LogP contribution in [0.1, 0.15) is 36.0 Å². The van der Waals surface area contributed by atoms with Crippen molar-refractivity contribution in [2.75, 3.05) is 35.2 Å². The number of hydrogen-bond acceptors (Lipinski definition) is 7. The van der Waals surface area contributed by atoms with Gasteiger partial charge in [-0.25, -0.2) is 4.98 Å². The molecule has 0 bridgehead atoms. The first-order chi connectivity index (χ1) is 13.6. The molecule has 0 radical (unpaired) electrons. The normalized spacial score (nSPS) is 17.4. The van der Waals surface area contributed by atoms with Crippen molar-refractivity contribution in [3.63, 3.8) is 0 Å². The van der Waals surface area contributed by atoms with Crippen LogP contribution in [0.2, 0.25) is 0 Å². The van der Waals surface area contributed by atoms with Gasteiger partial charge in [-0.15, -0.1) is 0 Å². The summed E-state index contributed by atoms with van der Waals surface area (Å²) in [6, 6.07) is 8.61. The Morgan fingerprint density at radius 2 is 1.86 bits per heavy atom. The van der Waals surface area contributed by atoms with Gasteiger partial charge in [-0.3, -0.25) is 4.79 Å². The van der Waals surface area contributed by atoms with E-state index in [9.17, 15) is 4.79 Å². The highest BCUT2D eigenvalue weighted by Gasteiger charge is 2.24. The molecule has 28 heavy (non-hydrogen) atoms. The molecular formula is C20H27N7O. The highest BCUT2D eigenvalue weighted by atomic mass is 16.1. The van der Waals surface area contributed by atoms with Crippen LogP contribution in [0.5, 0.6) is 0 Å². The van der Waals surface area contributed by atoms with Crippen LogP contribution < -0.4 is 27.0 Å². The van der Waals surface area contributed by atoms with E-state index in [1.807, 2.05) is 12.1 Å².